The Morgan fingerprint density at radius 1 is 1.38 bits per heavy atom. The number of carbonyl (C=O) groups is 1. The van der Waals surface area contributed by atoms with Crippen LogP contribution in [0.25, 0.3) is 0 Å². The molecule has 0 aliphatic carbocycles. The summed E-state index contributed by atoms with van der Waals surface area (Å²) < 4.78 is 5.38. The number of carboxylic acids is 1. The Morgan fingerprint density at radius 3 is 2.71 bits per heavy atom. The summed E-state index contributed by atoms with van der Waals surface area (Å²) in [7, 11) is 0. The van der Waals surface area contributed by atoms with Crippen LogP contribution in [0.15, 0.2) is 30.5 Å². The van der Waals surface area contributed by atoms with Crippen LogP contribution in [0.5, 0.6) is 11.5 Å². The maximum Gasteiger partial charge on any atom is 0.341 e. The van der Waals surface area contributed by atoms with E-state index in [4.69, 9.17) is 21.4 Å². The summed E-state index contributed by atoms with van der Waals surface area (Å²) in [4.78, 5) is 25.3. The van der Waals surface area contributed by atoms with Crippen LogP contribution >= 0.6 is 11.6 Å². The van der Waals surface area contributed by atoms with E-state index >= 15 is 0 Å². The van der Waals surface area contributed by atoms with E-state index in [2.05, 4.69) is 4.98 Å². The lowest BCUT2D eigenvalue weighted by Crippen LogP contribution is -2.03. The Bertz CT molecular complexity index is 732. The van der Waals surface area contributed by atoms with E-state index in [0.717, 1.165) is 12.3 Å². The molecule has 108 valence electrons. The van der Waals surface area contributed by atoms with Crippen LogP contribution in [0, 0.1) is 17.0 Å². The van der Waals surface area contributed by atoms with Crippen molar-refractivity contribution in [3.8, 4) is 11.5 Å². The molecule has 2 rings (SSSR count). The highest BCUT2D eigenvalue weighted by Gasteiger charge is 2.20. The predicted molar refractivity (Wildman–Crippen MR) is 74.1 cm³/mol. The number of hydrogen-bond donors (Lipinski definition) is 1. The first-order valence-electron chi connectivity index (χ1n) is 5.70. The second kappa shape index (κ2) is 5.76. The van der Waals surface area contributed by atoms with Gasteiger partial charge in [-0.05, 0) is 19.1 Å². The van der Waals surface area contributed by atoms with Crippen molar-refractivity contribution in [1.82, 2.24) is 4.98 Å². The Labute approximate surface area is 123 Å². The zero-order valence-corrected chi connectivity index (χ0v) is 11.5. The second-order valence-corrected chi connectivity index (χ2v) is 4.53. The molecular weight excluding hydrogens is 300 g/mol. The number of benzene rings is 1. The van der Waals surface area contributed by atoms with Crippen LogP contribution in [-0.4, -0.2) is 21.0 Å². The third-order valence-electron chi connectivity index (χ3n) is 2.57. The molecule has 0 bridgehead atoms. The predicted octanol–water partition coefficient (Wildman–Crippen LogP) is 3.44. The van der Waals surface area contributed by atoms with Crippen molar-refractivity contribution in [2.24, 2.45) is 0 Å². The number of aromatic carboxylic acids is 1. The van der Waals surface area contributed by atoms with E-state index < -0.39 is 10.9 Å². The van der Waals surface area contributed by atoms with Gasteiger partial charge in [0.1, 0.15) is 11.3 Å². The van der Waals surface area contributed by atoms with E-state index in [1.165, 1.54) is 18.2 Å². The van der Waals surface area contributed by atoms with Gasteiger partial charge in [0.15, 0.2) is 0 Å². The van der Waals surface area contributed by atoms with Gasteiger partial charge in [-0.15, -0.1) is 0 Å². The highest BCUT2D eigenvalue weighted by molar-refractivity contribution is 6.30. The van der Waals surface area contributed by atoms with E-state index in [1.54, 1.807) is 6.92 Å². The summed E-state index contributed by atoms with van der Waals surface area (Å²) in [5.74, 6) is -1.37. The number of hydrogen-bond acceptors (Lipinski definition) is 5. The summed E-state index contributed by atoms with van der Waals surface area (Å²) in [6.45, 7) is 1.65. The topological polar surface area (TPSA) is 103 Å². The highest BCUT2D eigenvalue weighted by Crippen LogP contribution is 2.34. The lowest BCUT2D eigenvalue weighted by Gasteiger charge is -2.09. The van der Waals surface area contributed by atoms with Crippen molar-refractivity contribution in [1.29, 1.82) is 0 Å². The third-order valence-corrected chi connectivity index (χ3v) is 2.81. The van der Waals surface area contributed by atoms with Gasteiger partial charge in [0, 0.05) is 29.0 Å². The monoisotopic (exact) mass is 308 g/mol. The first-order chi connectivity index (χ1) is 9.88. The zero-order valence-electron chi connectivity index (χ0n) is 10.7. The zero-order chi connectivity index (χ0) is 15.6. The maximum atomic E-state index is 11.1. The number of nitrogens with zero attached hydrogens (tertiary/aromatic N) is 2. The number of aryl methyl sites for hydroxylation is 1. The van der Waals surface area contributed by atoms with Crippen molar-refractivity contribution in [3.05, 3.63) is 56.9 Å². The molecule has 0 saturated heterocycles. The summed E-state index contributed by atoms with van der Waals surface area (Å²) in [6.07, 6.45) is 1.13. The molecule has 0 radical (unpaired) electrons. The number of aromatic nitrogens is 1. The van der Waals surface area contributed by atoms with Gasteiger partial charge in [0.2, 0.25) is 5.75 Å². The molecule has 8 heteroatoms. The molecule has 0 aliphatic heterocycles. The van der Waals surface area contributed by atoms with Crippen LogP contribution in [0.3, 0.4) is 0 Å². The number of halogens is 1. The average Bonchev–Trinajstić information content (AvgIpc) is 2.40. The number of pyridine rings is 1. The standard InChI is InChI=1S/C13H9ClN2O5/c1-7-4-12(9(6-15-7)13(17)18)21-11-3-2-8(14)5-10(11)16(19)20/h2-6H,1H3,(H,17,18). The Kier molecular flexibility index (Phi) is 4.04. The van der Waals surface area contributed by atoms with Gasteiger partial charge in [-0.25, -0.2) is 4.79 Å². The molecule has 1 aromatic heterocycles. The molecule has 0 atom stereocenters. The average molecular weight is 309 g/mol. The summed E-state index contributed by atoms with van der Waals surface area (Å²) in [5.41, 5.74) is -0.0234. The molecule has 2 aromatic rings. The first-order valence-corrected chi connectivity index (χ1v) is 6.08. The maximum absolute atomic E-state index is 11.1. The van der Waals surface area contributed by atoms with Crippen LogP contribution in [0.2, 0.25) is 5.02 Å². The summed E-state index contributed by atoms with van der Waals surface area (Å²) >= 11 is 5.71. The van der Waals surface area contributed by atoms with Crippen molar-refractivity contribution in [2.45, 2.75) is 6.92 Å². The molecule has 21 heavy (non-hydrogen) atoms. The van der Waals surface area contributed by atoms with Crippen molar-refractivity contribution in [2.75, 3.05) is 0 Å². The molecule has 7 nitrogen and oxygen atoms in total. The number of carboxylic acid groups (broad SMARTS) is 1. The summed E-state index contributed by atoms with van der Waals surface area (Å²) in [6, 6.07) is 5.24. The van der Waals surface area contributed by atoms with Crippen LogP contribution in [-0.2, 0) is 0 Å². The molecule has 0 fully saturated rings. The van der Waals surface area contributed by atoms with Gasteiger partial charge in [-0.1, -0.05) is 11.6 Å². The fourth-order valence-electron chi connectivity index (χ4n) is 1.62. The second-order valence-electron chi connectivity index (χ2n) is 4.10. The third kappa shape index (κ3) is 3.26. The lowest BCUT2D eigenvalue weighted by atomic mass is 10.2. The largest absolute Gasteiger partial charge is 0.477 e. The van der Waals surface area contributed by atoms with Gasteiger partial charge in [-0.3, -0.25) is 15.1 Å². The van der Waals surface area contributed by atoms with Crippen LogP contribution < -0.4 is 4.74 Å². The molecule has 1 N–H and O–H groups in total. The van der Waals surface area contributed by atoms with Gasteiger partial charge >= 0.3 is 11.7 Å². The SMILES string of the molecule is Cc1cc(Oc2ccc(Cl)cc2[N+](=O)[O-])c(C(=O)O)cn1. The normalized spacial score (nSPS) is 10.2. The molecule has 0 aliphatic rings. The van der Waals surface area contributed by atoms with Crippen molar-refractivity contribution < 1.29 is 19.6 Å². The Hall–Kier alpha value is -2.67. The highest BCUT2D eigenvalue weighted by atomic mass is 35.5. The smallest absolute Gasteiger partial charge is 0.341 e. The number of nitro benzene ring substituents is 1. The number of nitro groups is 1. The molecule has 1 heterocycles. The number of rotatable bonds is 4. The molecular formula is C13H9ClN2O5. The van der Waals surface area contributed by atoms with Gasteiger partial charge in [0.25, 0.3) is 0 Å². The molecule has 0 unspecified atom stereocenters. The molecule has 0 spiro atoms. The van der Waals surface area contributed by atoms with E-state index in [0.29, 0.717) is 5.69 Å². The minimum Gasteiger partial charge on any atom is -0.477 e. The fourth-order valence-corrected chi connectivity index (χ4v) is 1.78. The summed E-state index contributed by atoms with van der Waals surface area (Å²) in [5, 5.41) is 20.2. The fraction of sp³-hybridized carbons (Fsp3) is 0.0769. The van der Waals surface area contributed by atoms with Gasteiger partial charge in [-0.2, -0.15) is 0 Å². The molecule has 0 saturated carbocycles. The van der Waals surface area contributed by atoms with E-state index in [-0.39, 0.29) is 27.8 Å². The quantitative estimate of drug-likeness (QED) is 0.685. The van der Waals surface area contributed by atoms with Crippen molar-refractivity contribution >= 4 is 23.3 Å². The molecule has 1 aromatic carbocycles. The lowest BCUT2D eigenvalue weighted by molar-refractivity contribution is -0.385. The minimum absolute atomic E-state index is 0.0274. The van der Waals surface area contributed by atoms with Gasteiger partial charge in [0.05, 0.1) is 4.92 Å². The van der Waals surface area contributed by atoms with E-state index in [9.17, 15) is 14.9 Å². The van der Waals surface area contributed by atoms with Crippen molar-refractivity contribution in [3.63, 3.8) is 0 Å². The Balaban J connectivity index is 2.50. The molecule has 0 amide bonds. The minimum atomic E-state index is -1.24. The van der Waals surface area contributed by atoms with Crippen LogP contribution in [0.1, 0.15) is 16.1 Å². The Morgan fingerprint density at radius 2 is 2.10 bits per heavy atom. The number of ether oxygens (including phenoxy) is 1. The first kappa shape index (κ1) is 14.7. The van der Waals surface area contributed by atoms with E-state index in [1.807, 2.05) is 0 Å². The van der Waals surface area contributed by atoms with Gasteiger partial charge < -0.3 is 9.84 Å². The van der Waals surface area contributed by atoms with Crippen LogP contribution in [0.4, 0.5) is 5.69 Å².